The fraction of sp³-hybridized carbons (Fsp3) is 0.500. The number of nitrogens with zero attached hydrogens (tertiary/aromatic N) is 1. The van der Waals surface area contributed by atoms with E-state index in [1.807, 2.05) is 6.07 Å². The first-order chi connectivity index (χ1) is 8.88. The lowest BCUT2D eigenvalue weighted by Crippen LogP contribution is -2.25. The van der Waals surface area contributed by atoms with Gasteiger partial charge in [0.2, 0.25) is 0 Å². The molecule has 2 N–H and O–H groups in total. The Kier molecular flexibility index (Phi) is 5.00. The van der Waals surface area contributed by atoms with Gasteiger partial charge in [0.15, 0.2) is 0 Å². The Balaban J connectivity index is 1.88. The highest BCUT2D eigenvalue weighted by Crippen LogP contribution is 2.16. The summed E-state index contributed by atoms with van der Waals surface area (Å²) in [5.74, 6) is 6.46. The average molecular weight is 246 g/mol. The summed E-state index contributed by atoms with van der Waals surface area (Å²) in [7, 11) is 0. The van der Waals surface area contributed by atoms with E-state index >= 15 is 0 Å². The molecule has 1 unspecified atom stereocenters. The highest BCUT2D eigenvalue weighted by atomic mass is 16.5. The average Bonchev–Trinajstić information content (AvgIpc) is 2.44. The SMILES string of the molecule is NCC#Cc1cncc(OCC2CCCCO2)c1. The predicted octanol–water partition coefficient (Wildman–Crippen LogP) is 1.34. The Morgan fingerprint density at radius 3 is 3.17 bits per heavy atom. The van der Waals surface area contributed by atoms with Crippen LogP contribution < -0.4 is 10.5 Å². The van der Waals surface area contributed by atoms with Gasteiger partial charge in [-0.25, -0.2) is 0 Å². The fourth-order valence-corrected chi connectivity index (χ4v) is 1.85. The minimum absolute atomic E-state index is 0.206. The van der Waals surface area contributed by atoms with Crippen LogP contribution in [0.2, 0.25) is 0 Å². The first kappa shape index (κ1) is 12.9. The van der Waals surface area contributed by atoms with Crippen LogP contribution in [-0.2, 0) is 4.74 Å². The summed E-state index contributed by atoms with van der Waals surface area (Å²) < 4.78 is 11.3. The minimum Gasteiger partial charge on any atom is -0.489 e. The van der Waals surface area contributed by atoms with Crippen LogP contribution in [0.15, 0.2) is 18.5 Å². The van der Waals surface area contributed by atoms with Crippen molar-refractivity contribution in [1.82, 2.24) is 4.98 Å². The molecule has 0 aromatic carbocycles. The van der Waals surface area contributed by atoms with Gasteiger partial charge in [-0.2, -0.15) is 0 Å². The maximum Gasteiger partial charge on any atom is 0.138 e. The summed E-state index contributed by atoms with van der Waals surface area (Å²) in [5, 5.41) is 0. The fourth-order valence-electron chi connectivity index (χ4n) is 1.85. The van der Waals surface area contributed by atoms with E-state index in [4.69, 9.17) is 15.2 Å². The number of nitrogens with two attached hydrogens (primary N) is 1. The monoisotopic (exact) mass is 246 g/mol. The lowest BCUT2D eigenvalue weighted by molar-refractivity contribution is -0.0111. The normalized spacial score (nSPS) is 18.8. The van der Waals surface area contributed by atoms with Gasteiger partial charge in [0.05, 0.1) is 18.8 Å². The number of aromatic nitrogens is 1. The molecule has 0 amide bonds. The van der Waals surface area contributed by atoms with Gasteiger partial charge in [0, 0.05) is 18.4 Å². The Bertz CT molecular complexity index is 431. The number of ether oxygens (including phenoxy) is 2. The van der Waals surface area contributed by atoms with Crippen molar-refractivity contribution in [2.75, 3.05) is 19.8 Å². The van der Waals surface area contributed by atoms with E-state index in [1.54, 1.807) is 12.4 Å². The molecule has 96 valence electrons. The molecule has 2 rings (SSSR count). The van der Waals surface area contributed by atoms with E-state index in [2.05, 4.69) is 16.8 Å². The maximum atomic E-state index is 5.68. The molecule has 18 heavy (non-hydrogen) atoms. The standard InChI is InChI=1S/C14H18N2O2/c15-6-3-4-12-8-14(10-16-9-12)18-11-13-5-1-2-7-17-13/h8-10,13H,1-2,5-7,11,15H2. The van der Waals surface area contributed by atoms with Crippen molar-refractivity contribution in [3.05, 3.63) is 24.0 Å². The van der Waals surface area contributed by atoms with Crippen LogP contribution in [0.25, 0.3) is 0 Å². The van der Waals surface area contributed by atoms with Crippen LogP contribution in [0.4, 0.5) is 0 Å². The summed E-state index contributed by atoms with van der Waals surface area (Å²) >= 11 is 0. The van der Waals surface area contributed by atoms with E-state index in [9.17, 15) is 0 Å². The predicted molar refractivity (Wildman–Crippen MR) is 69.3 cm³/mol. The smallest absolute Gasteiger partial charge is 0.138 e. The molecular formula is C14H18N2O2. The summed E-state index contributed by atoms with van der Waals surface area (Å²) in [6.45, 7) is 1.77. The molecular weight excluding hydrogens is 228 g/mol. The summed E-state index contributed by atoms with van der Waals surface area (Å²) in [5.41, 5.74) is 6.15. The molecule has 1 aliphatic rings. The maximum absolute atomic E-state index is 5.68. The van der Waals surface area contributed by atoms with Crippen LogP contribution in [0.1, 0.15) is 24.8 Å². The summed E-state index contributed by atoms with van der Waals surface area (Å²) in [6, 6.07) is 1.87. The highest BCUT2D eigenvalue weighted by molar-refractivity contribution is 5.36. The molecule has 0 radical (unpaired) electrons. The molecule has 0 saturated carbocycles. The van der Waals surface area contributed by atoms with Crippen molar-refractivity contribution >= 4 is 0 Å². The third-order valence-corrected chi connectivity index (χ3v) is 2.76. The van der Waals surface area contributed by atoms with E-state index < -0.39 is 0 Å². The molecule has 1 aromatic heterocycles. The van der Waals surface area contributed by atoms with Crippen LogP contribution >= 0.6 is 0 Å². The number of rotatable bonds is 3. The molecule has 4 nitrogen and oxygen atoms in total. The van der Waals surface area contributed by atoms with Crippen molar-refractivity contribution in [3.8, 4) is 17.6 Å². The van der Waals surface area contributed by atoms with Gasteiger partial charge in [-0.05, 0) is 25.3 Å². The first-order valence-corrected chi connectivity index (χ1v) is 6.27. The molecule has 4 heteroatoms. The largest absolute Gasteiger partial charge is 0.489 e. The zero-order valence-electron chi connectivity index (χ0n) is 10.4. The van der Waals surface area contributed by atoms with Gasteiger partial charge < -0.3 is 15.2 Å². The van der Waals surface area contributed by atoms with Crippen molar-refractivity contribution < 1.29 is 9.47 Å². The Hall–Kier alpha value is -1.57. The van der Waals surface area contributed by atoms with Crippen LogP contribution in [0.5, 0.6) is 5.75 Å². The van der Waals surface area contributed by atoms with E-state index in [1.165, 1.54) is 6.42 Å². The number of hydrogen-bond donors (Lipinski definition) is 1. The molecule has 0 bridgehead atoms. The Morgan fingerprint density at radius 1 is 1.44 bits per heavy atom. The molecule has 2 heterocycles. The van der Waals surface area contributed by atoms with Crippen molar-refractivity contribution in [3.63, 3.8) is 0 Å². The molecule has 1 saturated heterocycles. The van der Waals surface area contributed by atoms with E-state index in [0.717, 1.165) is 30.8 Å². The first-order valence-electron chi connectivity index (χ1n) is 6.27. The zero-order chi connectivity index (χ0) is 12.6. The van der Waals surface area contributed by atoms with Gasteiger partial charge in [-0.15, -0.1) is 0 Å². The molecule has 1 atom stereocenters. The highest BCUT2D eigenvalue weighted by Gasteiger charge is 2.14. The molecule has 0 aliphatic carbocycles. The third kappa shape index (κ3) is 4.02. The van der Waals surface area contributed by atoms with Gasteiger partial charge in [-0.3, -0.25) is 4.98 Å². The van der Waals surface area contributed by atoms with Crippen LogP contribution in [0.3, 0.4) is 0 Å². The van der Waals surface area contributed by atoms with Gasteiger partial charge in [0.1, 0.15) is 12.4 Å². The summed E-state index contributed by atoms with van der Waals surface area (Å²) in [4.78, 5) is 4.09. The van der Waals surface area contributed by atoms with Crippen molar-refractivity contribution in [2.24, 2.45) is 5.73 Å². The Morgan fingerprint density at radius 2 is 2.39 bits per heavy atom. The Labute approximate surface area is 107 Å². The molecule has 1 aliphatic heterocycles. The second-order valence-corrected chi connectivity index (χ2v) is 4.21. The van der Waals surface area contributed by atoms with E-state index in [-0.39, 0.29) is 6.10 Å². The quantitative estimate of drug-likeness (QED) is 0.818. The summed E-state index contributed by atoms with van der Waals surface area (Å²) in [6.07, 6.45) is 7.04. The molecule has 0 spiro atoms. The van der Waals surface area contributed by atoms with Crippen molar-refractivity contribution in [2.45, 2.75) is 25.4 Å². The van der Waals surface area contributed by atoms with E-state index in [0.29, 0.717) is 13.2 Å². The second kappa shape index (κ2) is 7.00. The van der Waals surface area contributed by atoms with Gasteiger partial charge in [-0.1, -0.05) is 11.8 Å². The minimum atomic E-state index is 0.206. The second-order valence-electron chi connectivity index (χ2n) is 4.21. The molecule has 1 aromatic rings. The van der Waals surface area contributed by atoms with Gasteiger partial charge >= 0.3 is 0 Å². The topological polar surface area (TPSA) is 57.4 Å². The lowest BCUT2D eigenvalue weighted by atomic mass is 10.1. The zero-order valence-corrected chi connectivity index (χ0v) is 10.4. The molecule has 1 fully saturated rings. The van der Waals surface area contributed by atoms with Crippen molar-refractivity contribution in [1.29, 1.82) is 0 Å². The lowest BCUT2D eigenvalue weighted by Gasteiger charge is -2.22. The number of hydrogen-bond acceptors (Lipinski definition) is 4. The van der Waals surface area contributed by atoms with Gasteiger partial charge in [0.25, 0.3) is 0 Å². The third-order valence-electron chi connectivity index (χ3n) is 2.76. The van der Waals surface area contributed by atoms with Crippen LogP contribution in [0, 0.1) is 11.8 Å². The van der Waals surface area contributed by atoms with Crippen LogP contribution in [-0.4, -0.2) is 30.8 Å². The number of pyridine rings is 1.